The van der Waals surface area contributed by atoms with Crippen molar-refractivity contribution in [1.82, 2.24) is 10.3 Å². The maximum absolute atomic E-state index is 11.8. The number of carbonyl (C=O) groups excluding carboxylic acids is 1. The van der Waals surface area contributed by atoms with Crippen LogP contribution in [-0.4, -0.2) is 23.5 Å². The van der Waals surface area contributed by atoms with E-state index in [1.54, 1.807) is 12.3 Å². The molecule has 0 spiro atoms. The van der Waals surface area contributed by atoms with Gasteiger partial charge in [0.1, 0.15) is 5.69 Å². The van der Waals surface area contributed by atoms with E-state index in [9.17, 15) is 4.79 Å². The molecule has 2 N–H and O–H groups in total. The third kappa shape index (κ3) is 5.73. The number of aromatic nitrogens is 1. The molecule has 1 aromatic heterocycles. The summed E-state index contributed by atoms with van der Waals surface area (Å²) in [5, 5.41) is 6.21. The number of rotatable bonds is 8. The molecular weight excluding hydrogens is 238 g/mol. The van der Waals surface area contributed by atoms with Crippen LogP contribution in [0.25, 0.3) is 0 Å². The second kappa shape index (κ2) is 8.51. The number of nitrogens with zero attached hydrogens (tertiary/aromatic N) is 1. The van der Waals surface area contributed by atoms with Gasteiger partial charge in [-0.25, -0.2) is 4.98 Å². The monoisotopic (exact) mass is 263 g/mol. The van der Waals surface area contributed by atoms with Crippen molar-refractivity contribution in [1.29, 1.82) is 0 Å². The quantitative estimate of drug-likeness (QED) is 0.708. The first-order valence-electron chi connectivity index (χ1n) is 7.18. The lowest BCUT2D eigenvalue weighted by molar-refractivity contribution is 0.0934. The Morgan fingerprint density at radius 2 is 2.11 bits per heavy atom. The van der Waals surface area contributed by atoms with E-state index in [0.717, 1.165) is 25.1 Å². The van der Waals surface area contributed by atoms with Gasteiger partial charge in [0.05, 0.1) is 11.9 Å². The van der Waals surface area contributed by atoms with Crippen LogP contribution in [0.4, 0.5) is 5.69 Å². The van der Waals surface area contributed by atoms with E-state index >= 15 is 0 Å². The van der Waals surface area contributed by atoms with E-state index in [2.05, 4.69) is 22.5 Å². The second-order valence-corrected chi connectivity index (χ2v) is 4.85. The zero-order valence-corrected chi connectivity index (χ0v) is 12.2. The van der Waals surface area contributed by atoms with E-state index in [1.807, 2.05) is 19.9 Å². The molecular formula is C15H25N3O. The normalized spacial score (nSPS) is 11.9. The molecule has 4 nitrogen and oxygen atoms in total. The number of anilines is 1. The maximum Gasteiger partial charge on any atom is 0.270 e. The van der Waals surface area contributed by atoms with Crippen LogP contribution in [0.2, 0.25) is 0 Å². The van der Waals surface area contributed by atoms with Gasteiger partial charge in [-0.15, -0.1) is 0 Å². The Balaban J connectivity index is 2.44. The van der Waals surface area contributed by atoms with Crippen molar-refractivity contribution >= 4 is 11.6 Å². The first-order chi connectivity index (χ1) is 9.17. The minimum absolute atomic E-state index is 0.105. The minimum atomic E-state index is -0.105. The molecule has 0 saturated heterocycles. The summed E-state index contributed by atoms with van der Waals surface area (Å²) in [6.45, 7) is 7.17. The minimum Gasteiger partial charge on any atom is -0.384 e. The Morgan fingerprint density at radius 3 is 2.68 bits per heavy atom. The van der Waals surface area contributed by atoms with Crippen LogP contribution in [0.3, 0.4) is 0 Å². The van der Waals surface area contributed by atoms with E-state index in [0.29, 0.717) is 5.69 Å². The number of hydrogen-bond donors (Lipinski definition) is 2. The molecule has 0 fully saturated rings. The molecule has 1 amide bonds. The molecule has 1 rings (SSSR count). The fourth-order valence-electron chi connectivity index (χ4n) is 1.64. The van der Waals surface area contributed by atoms with Crippen LogP contribution < -0.4 is 10.6 Å². The Morgan fingerprint density at radius 1 is 1.32 bits per heavy atom. The first-order valence-corrected chi connectivity index (χ1v) is 7.18. The van der Waals surface area contributed by atoms with E-state index in [1.165, 1.54) is 12.8 Å². The fraction of sp³-hybridized carbons (Fsp3) is 0.600. The maximum atomic E-state index is 11.8. The van der Waals surface area contributed by atoms with Crippen LogP contribution in [0, 0.1) is 0 Å². The predicted octanol–water partition coefficient (Wildman–Crippen LogP) is 3.21. The van der Waals surface area contributed by atoms with Crippen LogP contribution in [0.15, 0.2) is 18.3 Å². The highest BCUT2D eigenvalue weighted by Gasteiger charge is 2.09. The Labute approximate surface area is 116 Å². The van der Waals surface area contributed by atoms with Crippen LogP contribution in [-0.2, 0) is 0 Å². The number of pyridine rings is 1. The van der Waals surface area contributed by atoms with Gasteiger partial charge >= 0.3 is 0 Å². The lowest BCUT2D eigenvalue weighted by atomic mass is 10.2. The van der Waals surface area contributed by atoms with Gasteiger partial charge in [0.2, 0.25) is 0 Å². The molecule has 0 saturated carbocycles. The Hall–Kier alpha value is -1.58. The molecule has 0 aliphatic carbocycles. The summed E-state index contributed by atoms with van der Waals surface area (Å²) >= 11 is 0. The molecule has 1 unspecified atom stereocenters. The molecule has 0 aliphatic rings. The summed E-state index contributed by atoms with van der Waals surface area (Å²) in [6, 6.07) is 3.85. The Kier molecular flexibility index (Phi) is 6.93. The van der Waals surface area contributed by atoms with Crippen LogP contribution >= 0.6 is 0 Å². The van der Waals surface area contributed by atoms with Gasteiger partial charge in [-0.2, -0.15) is 0 Å². The van der Waals surface area contributed by atoms with Crippen molar-refractivity contribution in [3.8, 4) is 0 Å². The first kappa shape index (κ1) is 15.5. The molecule has 19 heavy (non-hydrogen) atoms. The van der Waals surface area contributed by atoms with Gasteiger partial charge in [-0.05, 0) is 31.9 Å². The lowest BCUT2D eigenvalue weighted by Gasteiger charge is -2.11. The molecule has 0 aliphatic heterocycles. The van der Waals surface area contributed by atoms with Gasteiger partial charge in [0, 0.05) is 12.6 Å². The summed E-state index contributed by atoms with van der Waals surface area (Å²) in [5.74, 6) is -0.105. The molecule has 0 aromatic carbocycles. The molecule has 0 radical (unpaired) electrons. The summed E-state index contributed by atoms with van der Waals surface area (Å²) in [6.07, 6.45) is 6.25. The smallest absolute Gasteiger partial charge is 0.270 e. The second-order valence-electron chi connectivity index (χ2n) is 4.85. The van der Waals surface area contributed by atoms with Crippen molar-refractivity contribution in [2.45, 2.75) is 52.5 Å². The summed E-state index contributed by atoms with van der Waals surface area (Å²) in [5.41, 5.74) is 1.44. The highest BCUT2D eigenvalue weighted by Crippen LogP contribution is 2.07. The average Bonchev–Trinajstić information content (AvgIpc) is 2.44. The average molecular weight is 263 g/mol. The third-order valence-electron chi connectivity index (χ3n) is 3.10. The van der Waals surface area contributed by atoms with Gasteiger partial charge < -0.3 is 10.6 Å². The van der Waals surface area contributed by atoms with Gasteiger partial charge in [-0.1, -0.05) is 26.7 Å². The number of nitrogens with one attached hydrogen (secondary N) is 2. The van der Waals surface area contributed by atoms with Gasteiger partial charge in [0.15, 0.2) is 0 Å². The molecule has 4 heteroatoms. The number of amides is 1. The van der Waals surface area contributed by atoms with Crippen LogP contribution in [0.5, 0.6) is 0 Å². The van der Waals surface area contributed by atoms with E-state index in [-0.39, 0.29) is 11.9 Å². The van der Waals surface area contributed by atoms with Gasteiger partial charge in [0.25, 0.3) is 5.91 Å². The summed E-state index contributed by atoms with van der Waals surface area (Å²) < 4.78 is 0. The Bertz CT molecular complexity index is 375. The third-order valence-corrected chi connectivity index (χ3v) is 3.10. The molecule has 1 atom stereocenters. The van der Waals surface area contributed by atoms with Crippen molar-refractivity contribution in [2.75, 3.05) is 11.9 Å². The summed E-state index contributed by atoms with van der Waals surface area (Å²) in [7, 11) is 0. The standard InChI is InChI=1S/C15H25N3O/c1-4-6-7-10-16-13-8-9-14(17-11-13)15(19)18-12(3)5-2/h8-9,11-12,16H,4-7,10H2,1-3H3,(H,18,19). The highest BCUT2D eigenvalue weighted by molar-refractivity contribution is 5.92. The van der Waals surface area contributed by atoms with Crippen molar-refractivity contribution in [3.05, 3.63) is 24.0 Å². The number of hydrogen-bond acceptors (Lipinski definition) is 3. The molecule has 1 heterocycles. The molecule has 0 bridgehead atoms. The van der Waals surface area contributed by atoms with Gasteiger partial charge in [-0.3, -0.25) is 4.79 Å². The molecule has 106 valence electrons. The number of unbranched alkanes of at least 4 members (excludes halogenated alkanes) is 2. The predicted molar refractivity (Wildman–Crippen MR) is 79.5 cm³/mol. The zero-order chi connectivity index (χ0) is 14.1. The van der Waals surface area contributed by atoms with Crippen molar-refractivity contribution in [3.63, 3.8) is 0 Å². The van der Waals surface area contributed by atoms with Crippen molar-refractivity contribution in [2.24, 2.45) is 0 Å². The van der Waals surface area contributed by atoms with E-state index < -0.39 is 0 Å². The van der Waals surface area contributed by atoms with Crippen LogP contribution in [0.1, 0.15) is 56.9 Å². The zero-order valence-electron chi connectivity index (χ0n) is 12.2. The lowest BCUT2D eigenvalue weighted by Crippen LogP contribution is -2.32. The van der Waals surface area contributed by atoms with E-state index in [4.69, 9.17) is 0 Å². The molecule has 1 aromatic rings. The van der Waals surface area contributed by atoms with Crippen molar-refractivity contribution < 1.29 is 4.79 Å². The SMILES string of the molecule is CCCCCNc1ccc(C(=O)NC(C)CC)nc1. The topological polar surface area (TPSA) is 54.0 Å². The summed E-state index contributed by atoms with van der Waals surface area (Å²) in [4.78, 5) is 16.0. The fourth-order valence-corrected chi connectivity index (χ4v) is 1.64. The largest absolute Gasteiger partial charge is 0.384 e. The number of carbonyl (C=O) groups is 1. The highest BCUT2D eigenvalue weighted by atomic mass is 16.1.